The number of hydrogen-bond donors (Lipinski definition) is 0. The van der Waals surface area contributed by atoms with Crippen LogP contribution in [0.4, 0.5) is 0 Å². The molecule has 37 heavy (non-hydrogen) atoms. The minimum absolute atomic E-state index is 0.248. The molecule has 0 amide bonds. The van der Waals surface area contributed by atoms with Gasteiger partial charge in [0, 0.05) is 10.4 Å². The van der Waals surface area contributed by atoms with Crippen LogP contribution in [0, 0.1) is 0 Å². The van der Waals surface area contributed by atoms with Crippen LogP contribution in [0.3, 0.4) is 0 Å². The fraction of sp³-hybridized carbons (Fsp3) is 0.111. The van der Waals surface area contributed by atoms with Crippen molar-refractivity contribution < 1.29 is 18.7 Å². The molecule has 0 radical (unpaired) electrons. The third-order valence-corrected chi connectivity index (χ3v) is 6.42. The van der Waals surface area contributed by atoms with Gasteiger partial charge >= 0.3 is 5.97 Å². The molecule has 5 rings (SSSR count). The number of carbonyl (C=O) groups excluding carboxylic acids is 1. The first-order valence-corrected chi connectivity index (χ1v) is 12.3. The number of ether oxygens (including phenoxy) is 2. The van der Waals surface area contributed by atoms with Gasteiger partial charge in [-0.3, -0.25) is 4.79 Å². The number of hydrogen-bond acceptors (Lipinski definition) is 7. The number of para-hydroxylation sites is 1. The highest BCUT2D eigenvalue weighted by atomic mass is 79.9. The van der Waals surface area contributed by atoms with Gasteiger partial charge in [-0.2, -0.15) is 9.78 Å². The third kappa shape index (κ3) is 5.00. The van der Waals surface area contributed by atoms with Crippen LogP contribution in [0.5, 0.6) is 5.75 Å². The van der Waals surface area contributed by atoms with Crippen LogP contribution >= 0.6 is 27.5 Å². The molecule has 3 aromatic carbocycles. The topological polar surface area (TPSA) is 95.9 Å². The molecular formula is C27H19BrClN3O5. The second-order valence-electron chi connectivity index (χ2n) is 8.08. The first-order chi connectivity index (χ1) is 17.8. The van der Waals surface area contributed by atoms with Crippen LogP contribution in [-0.2, 0) is 9.53 Å². The third-order valence-electron chi connectivity index (χ3n) is 5.57. The molecular weight excluding hydrogens is 562 g/mol. The van der Waals surface area contributed by atoms with E-state index in [9.17, 15) is 9.59 Å². The number of furan rings is 1. The molecule has 0 N–H and O–H groups in total. The average Bonchev–Trinajstić information content (AvgIpc) is 3.32. The molecule has 0 fully saturated rings. The van der Waals surface area contributed by atoms with Gasteiger partial charge in [0.25, 0.3) is 5.56 Å². The first kappa shape index (κ1) is 24.7. The molecule has 0 aliphatic heterocycles. The van der Waals surface area contributed by atoms with Gasteiger partial charge in [0.15, 0.2) is 11.9 Å². The summed E-state index contributed by atoms with van der Waals surface area (Å²) in [7, 11) is 1.30. The second kappa shape index (κ2) is 10.2. The highest BCUT2D eigenvalue weighted by molar-refractivity contribution is 9.10. The Bertz CT molecular complexity index is 1740. The Morgan fingerprint density at radius 3 is 2.76 bits per heavy atom. The fourth-order valence-corrected chi connectivity index (χ4v) is 4.41. The molecule has 0 unspecified atom stereocenters. The molecule has 5 aromatic rings. The van der Waals surface area contributed by atoms with Gasteiger partial charge < -0.3 is 13.9 Å². The highest BCUT2D eigenvalue weighted by Gasteiger charge is 2.18. The lowest BCUT2D eigenvalue weighted by molar-refractivity contribution is -0.147. The first-order valence-electron chi connectivity index (χ1n) is 11.1. The number of rotatable bonds is 6. The Balaban J connectivity index is 1.56. The molecule has 186 valence electrons. The second-order valence-corrected chi connectivity index (χ2v) is 9.37. The lowest BCUT2D eigenvalue weighted by Crippen LogP contribution is -2.25. The van der Waals surface area contributed by atoms with Crippen molar-refractivity contribution in [1.29, 1.82) is 0 Å². The monoisotopic (exact) mass is 579 g/mol. The van der Waals surface area contributed by atoms with Crippen molar-refractivity contribution in [2.45, 2.75) is 13.0 Å². The zero-order valence-corrected chi connectivity index (χ0v) is 22.0. The van der Waals surface area contributed by atoms with Crippen LogP contribution in [0.25, 0.3) is 33.5 Å². The van der Waals surface area contributed by atoms with Crippen molar-refractivity contribution in [3.8, 4) is 17.3 Å². The Labute approximate surface area is 224 Å². The van der Waals surface area contributed by atoms with Crippen molar-refractivity contribution in [1.82, 2.24) is 9.66 Å². The van der Waals surface area contributed by atoms with Crippen LogP contribution in [0.15, 0.2) is 85.5 Å². The van der Waals surface area contributed by atoms with Gasteiger partial charge in [-0.25, -0.2) is 9.78 Å². The molecule has 0 saturated carbocycles. The van der Waals surface area contributed by atoms with E-state index in [0.29, 0.717) is 43.1 Å². The highest BCUT2D eigenvalue weighted by Crippen LogP contribution is 2.30. The van der Waals surface area contributed by atoms with E-state index in [-0.39, 0.29) is 11.4 Å². The van der Waals surface area contributed by atoms with E-state index in [1.165, 1.54) is 18.0 Å². The average molecular weight is 581 g/mol. The number of esters is 1. The van der Waals surface area contributed by atoms with E-state index in [1.54, 1.807) is 67.6 Å². The largest absolute Gasteiger partial charge is 0.478 e. The van der Waals surface area contributed by atoms with E-state index in [4.69, 9.17) is 25.5 Å². The standard InChI is InChI=1S/C27H19BrClN3O5/c1-15(27(34)35-2)36-23-9-7-16(11-20(23)28)14-30-32-25(31-21-6-4-3-5-19(21)26(32)33)24-13-17-12-18(29)8-10-22(17)37-24/h3-15H,1-2H3/t15-/m1/s1. The summed E-state index contributed by atoms with van der Waals surface area (Å²) in [5.74, 6) is 0.597. The Morgan fingerprint density at radius 2 is 1.97 bits per heavy atom. The fourth-order valence-electron chi connectivity index (χ4n) is 3.74. The molecule has 0 aliphatic carbocycles. The van der Waals surface area contributed by atoms with Crippen LogP contribution in [0.1, 0.15) is 12.5 Å². The lowest BCUT2D eigenvalue weighted by Gasteiger charge is -2.14. The smallest absolute Gasteiger partial charge is 0.346 e. The zero-order chi connectivity index (χ0) is 26.1. The summed E-state index contributed by atoms with van der Waals surface area (Å²) < 4.78 is 18.1. The summed E-state index contributed by atoms with van der Waals surface area (Å²) in [5, 5.41) is 6.23. The molecule has 0 aliphatic rings. The molecule has 0 spiro atoms. The van der Waals surface area contributed by atoms with Gasteiger partial charge in [0.1, 0.15) is 11.3 Å². The van der Waals surface area contributed by atoms with E-state index in [1.807, 2.05) is 6.07 Å². The van der Waals surface area contributed by atoms with Crippen molar-refractivity contribution in [2.24, 2.45) is 5.10 Å². The number of benzene rings is 3. The number of carbonyl (C=O) groups is 1. The number of aromatic nitrogens is 2. The normalized spacial score (nSPS) is 12.3. The summed E-state index contributed by atoms with van der Waals surface area (Å²) in [6.45, 7) is 1.60. The molecule has 0 bridgehead atoms. The van der Waals surface area contributed by atoms with Gasteiger partial charge in [0.05, 0.1) is 28.7 Å². The molecule has 1 atom stereocenters. The maximum Gasteiger partial charge on any atom is 0.346 e. The summed E-state index contributed by atoms with van der Waals surface area (Å²) >= 11 is 9.58. The van der Waals surface area contributed by atoms with Crippen LogP contribution < -0.4 is 10.3 Å². The van der Waals surface area contributed by atoms with Crippen molar-refractivity contribution in [3.63, 3.8) is 0 Å². The SMILES string of the molecule is COC(=O)[C@@H](C)Oc1ccc(C=Nn2c(-c3cc4cc(Cl)ccc4o3)nc3ccccc3c2=O)cc1Br. The minimum atomic E-state index is -0.774. The Hall–Kier alpha value is -3.95. The summed E-state index contributed by atoms with van der Waals surface area (Å²) in [4.78, 5) is 29.8. The van der Waals surface area contributed by atoms with Gasteiger partial charge in [-0.15, -0.1) is 0 Å². The lowest BCUT2D eigenvalue weighted by atomic mass is 10.2. The van der Waals surface area contributed by atoms with E-state index >= 15 is 0 Å². The predicted molar refractivity (Wildman–Crippen MR) is 145 cm³/mol. The van der Waals surface area contributed by atoms with E-state index in [2.05, 4.69) is 26.0 Å². The van der Waals surface area contributed by atoms with Gasteiger partial charge in [0.2, 0.25) is 5.82 Å². The number of halogens is 2. The summed E-state index contributed by atoms with van der Waals surface area (Å²) in [5.41, 5.74) is 1.46. The Morgan fingerprint density at radius 1 is 1.16 bits per heavy atom. The summed E-state index contributed by atoms with van der Waals surface area (Å²) in [6.07, 6.45) is 0.753. The predicted octanol–water partition coefficient (Wildman–Crippen LogP) is 6.05. The van der Waals surface area contributed by atoms with Crippen LogP contribution in [0.2, 0.25) is 5.02 Å². The van der Waals surface area contributed by atoms with Crippen molar-refractivity contribution in [3.05, 3.63) is 92.1 Å². The minimum Gasteiger partial charge on any atom is -0.478 e. The molecule has 10 heteroatoms. The number of nitrogens with zero attached hydrogens (tertiary/aromatic N) is 3. The quantitative estimate of drug-likeness (QED) is 0.179. The number of fused-ring (bicyclic) bond motifs is 2. The zero-order valence-electron chi connectivity index (χ0n) is 19.6. The van der Waals surface area contributed by atoms with Gasteiger partial charge in [-0.1, -0.05) is 23.7 Å². The van der Waals surface area contributed by atoms with E-state index < -0.39 is 12.1 Å². The number of methoxy groups -OCH3 is 1. The molecule has 0 saturated heterocycles. The van der Waals surface area contributed by atoms with Gasteiger partial charge in [-0.05, 0) is 83.0 Å². The Kier molecular flexibility index (Phi) is 6.82. The molecule has 2 heterocycles. The van der Waals surface area contributed by atoms with Crippen molar-refractivity contribution >= 4 is 61.6 Å². The van der Waals surface area contributed by atoms with Crippen LogP contribution in [-0.4, -0.2) is 35.1 Å². The molecule has 2 aromatic heterocycles. The van der Waals surface area contributed by atoms with E-state index in [0.717, 1.165) is 5.39 Å². The maximum atomic E-state index is 13.4. The van der Waals surface area contributed by atoms with Crippen molar-refractivity contribution in [2.75, 3.05) is 7.11 Å². The summed E-state index contributed by atoms with van der Waals surface area (Å²) in [6, 6.07) is 19.3. The molecule has 8 nitrogen and oxygen atoms in total. The maximum absolute atomic E-state index is 13.4.